The summed E-state index contributed by atoms with van der Waals surface area (Å²) in [4.78, 5) is 13.2. The van der Waals surface area contributed by atoms with Crippen LogP contribution >= 0.6 is 11.8 Å². The summed E-state index contributed by atoms with van der Waals surface area (Å²) in [5.74, 6) is 2.26. The van der Waals surface area contributed by atoms with E-state index in [1.165, 1.54) is 4.90 Å². The van der Waals surface area contributed by atoms with E-state index in [-0.39, 0.29) is 18.5 Å². The molecule has 0 saturated carbocycles. The fraction of sp³-hybridized carbons (Fsp3) is 0.250. The van der Waals surface area contributed by atoms with Crippen LogP contribution in [-0.4, -0.2) is 35.6 Å². The number of amides is 1. The van der Waals surface area contributed by atoms with Crippen LogP contribution in [0, 0.1) is 0 Å². The third-order valence-electron chi connectivity index (χ3n) is 3.71. The number of carbonyl (C=O) groups is 1. The summed E-state index contributed by atoms with van der Waals surface area (Å²) in [6.07, 6.45) is 0.500. The Balaban J connectivity index is 1.50. The molecule has 146 valence electrons. The minimum absolute atomic E-state index is 0.0485. The van der Waals surface area contributed by atoms with Crippen LogP contribution in [0.4, 0.5) is 6.01 Å². The summed E-state index contributed by atoms with van der Waals surface area (Å²) >= 11 is 1.79. The van der Waals surface area contributed by atoms with E-state index in [1.807, 2.05) is 12.1 Å². The minimum atomic E-state index is -0.390. The molecule has 1 N–H and O–H groups in total. The van der Waals surface area contributed by atoms with Crippen molar-refractivity contribution in [3.63, 3.8) is 0 Å². The van der Waals surface area contributed by atoms with Gasteiger partial charge < -0.3 is 13.9 Å². The molecule has 7 nitrogen and oxygen atoms in total. The Labute approximate surface area is 167 Å². The molecule has 1 amide bonds. The molecule has 8 heteroatoms. The molecule has 3 rings (SSSR count). The molecule has 2 aromatic carbocycles. The Bertz CT molecular complexity index is 912. The summed E-state index contributed by atoms with van der Waals surface area (Å²) in [5.41, 5.74) is 1.06. The van der Waals surface area contributed by atoms with Crippen molar-refractivity contribution in [3.05, 3.63) is 60.0 Å². The number of anilines is 1. The fourth-order valence-electron chi connectivity index (χ4n) is 2.42. The van der Waals surface area contributed by atoms with Crippen LogP contribution < -0.4 is 14.8 Å². The monoisotopic (exact) mass is 399 g/mol. The molecule has 0 atom stereocenters. The highest BCUT2D eigenvalue weighted by Gasteiger charge is 2.11. The molecule has 3 aromatic rings. The van der Waals surface area contributed by atoms with Gasteiger partial charge in [-0.2, -0.15) is 0 Å². The number of hydrogen-bond acceptors (Lipinski definition) is 7. The lowest BCUT2D eigenvalue weighted by Crippen LogP contribution is -2.20. The van der Waals surface area contributed by atoms with Gasteiger partial charge in [-0.25, -0.2) is 0 Å². The Kier molecular flexibility index (Phi) is 6.91. The van der Waals surface area contributed by atoms with Crippen LogP contribution in [0.15, 0.2) is 57.8 Å². The van der Waals surface area contributed by atoms with Gasteiger partial charge in [-0.15, -0.1) is 16.9 Å². The minimum Gasteiger partial charge on any atom is -0.497 e. The first-order valence-corrected chi connectivity index (χ1v) is 9.75. The van der Waals surface area contributed by atoms with E-state index >= 15 is 0 Å². The molecular formula is C20H21N3O4S. The number of carbonyl (C=O) groups excluding carboxylic acids is 1. The van der Waals surface area contributed by atoms with Crippen molar-refractivity contribution >= 4 is 23.7 Å². The molecule has 0 aliphatic rings. The van der Waals surface area contributed by atoms with E-state index in [4.69, 9.17) is 13.9 Å². The van der Waals surface area contributed by atoms with Gasteiger partial charge in [0.05, 0.1) is 13.5 Å². The van der Waals surface area contributed by atoms with Crippen LogP contribution in [0.25, 0.3) is 0 Å². The second-order valence-corrected chi connectivity index (χ2v) is 7.11. The number of methoxy groups -OCH3 is 1. The maximum atomic E-state index is 12.0. The average Bonchev–Trinajstić information content (AvgIpc) is 3.15. The molecule has 0 bridgehead atoms. The first kappa shape index (κ1) is 19.8. The number of ether oxygens (including phenoxy) is 2. The van der Waals surface area contributed by atoms with Gasteiger partial charge >= 0.3 is 6.01 Å². The van der Waals surface area contributed by atoms with Crippen molar-refractivity contribution in [2.24, 2.45) is 0 Å². The van der Waals surface area contributed by atoms with Gasteiger partial charge in [-0.1, -0.05) is 30.2 Å². The Hall–Kier alpha value is -3.00. The smallest absolute Gasteiger partial charge is 0.322 e. The number of nitrogens with one attached hydrogen (secondary N) is 1. The summed E-state index contributed by atoms with van der Waals surface area (Å²) in [6, 6.07) is 15.3. The molecule has 0 unspecified atom stereocenters. The highest BCUT2D eigenvalue weighted by atomic mass is 32.2. The molecule has 0 fully saturated rings. The van der Waals surface area contributed by atoms with Crippen LogP contribution in [0.3, 0.4) is 0 Å². The number of benzene rings is 2. The van der Waals surface area contributed by atoms with Crippen molar-refractivity contribution in [2.75, 3.05) is 24.8 Å². The molecule has 0 aliphatic heterocycles. The first-order valence-electron chi connectivity index (χ1n) is 8.77. The SMILES string of the molecule is CCSc1ccc(Cc2nnc(NC(=O)COc3cccc(OC)c3)o2)cc1. The summed E-state index contributed by atoms with van der Waals surface area (Å²) in [7, 11) is 1.57. The average molecular weight is 399 g/mol. The van der Waals surface area contributed by atoms with E-state index in [1.54, 1.807) is 43.1 Å². The highest BCUT2D eigenvalue weighted by Crippen LogP contribution is 2.20. The standard InChI is InChI=1S/C20H21N3O4S/c1-3-28-17-9-7-14(8-10-17)11-19-22-23-20(27-19)21-18(24)13-26-16-6-4-5-15(12-16)25-2/h4-10,12H,3,11,13H2,1-2H3,(H,21,23,24). The molecule has 0 radical (unpaired) electrons. The topological polar surface area (TPSA) is 86.5 Å². The molecule has 0 spiro atoms. The van der Waals surface area contributed by atoms with Crippen molar-refractivity contribution in [2.45, 2.75) is 18.2 Å². The van der Waals surface area contributed by atoms with E-state index < -0.39 is 0 Å². The summed E-state index contributed by atoms with van der Waals surface area (Å²) in [6.45, 7) is 1.94. The third kappa shape index (κ3) is 5.75. The Morgan fingerprint density at radius 1 is 1.14 bits per heavy atom. The van der Waals surface area contributed by atoms with Crippen LogP contribution in [0.5, 0.6) is 11.5 Å². The van der Waals surface area contributed by atoms with Gasteiger partial charge in [0.1, 0.15) is 11.5 Å². The maximum Gasteiger partial charge on any atom is 0.322 e. The van der Waals surface area contributed by atoms with E-state index in [0.717, 1.165) is 11.3 Å². The lowest BCUT2D eigenvalue weighted by Gasteiger charge is -2.06. The lowest BCUT2D eigenvalue weighted by molar-refractivity contribution is -0.118. The van der Waals surface area contributed by atoms with Gasteiger partial charge in [0.2, 0.25) is 5.89 Å². The lowest BCUT2D eigenvalue weighted by atomic mass is 10.1. The van der Waals surface area contributed by atoms with Gasteiger partial charge in [0, 0.05) is 11.0 Å². The second-order valence-electron chi connectivity index (χ2n) is 5.77. The van der Waals surface area contributed by atoms with E-state index in [9.17, 15) is 4.79 Å². The number of aromatic nitrogens is 2. The molecule has 0 saturated heterocycles. The summed E-state index contributed by atoms with van der Waals surface area (Å²) < 4.78 is 16.0. The van der Waals surface area contributed by atoms with Crippen molar-refractivity contribution in [3.8, 4) is 11.5 Å². The zero-order valence-electron chi connectivity index (χ0n) is 15.7. The molecule has 0 aliphatic carbocycles. The number of hydrogen-bond donors (Lipinski definition) is 1. The number of nitrogens with zero attached hydrogens (tertiary/aromatic N) is 2. The first-order chi connectivity index (χ1) is 13.7. The number of rotatable bonds is 9. The van der Waals surface area contributed by atoms with Crippen LogP contribution in [0.2, 0.25) is 0 Å². The summed E-state index contributed by atoms with van der Waals surface area (Å²) in [5, 5.41) is 10.4. The Morgan fingerprint density at radius 2 is 1.93 bits per heavy atom. The van der Waals surface area contributed by atoms with Crippen molar-refractivity contribution in [1.29, 1.82) is 0 Å². The predicted octanol–water partition coefficient (Wildman–Crippen LogP) is 3.80. The fourth-order valence-corrected chi connectivity index (χ4v) is 3.08. The van der Waals surface area contributed by atoms with Crippen molar-refractivity contribution in [1.82, 2.24) is 10.2 Å². The van der Waals surface area contributed by atoms with Gasteiger partial charge in [-0.3, -0.25) is 10.1 Å². The molecule has 1 heterocycles. The van der Waals surface area contributed by atoms with Crippen LogP contribution in [0.1, 0.15) is 18.4 Å². The van der Waals surface area contributed by atoms with Gasteiger partial charge in [0.15, 0.2) is 6.61 Å². The van der Waals surface area contributed by atoms with Crippen LogP contribution in [-0.2, 0) is 11.2 Å². The molecular weight excluding hydrogens is 378 g/mol. The quantitative estimate of drug-likeness (QED) is 0.548. The highest BCUT2D eigenvalue weighted by molar-refractivity contribution is 7.99. The van der Waals surface area contributed by atoms with Gasteiger partial charge in [-0.05, 0) is 35.6 Å². The second kappa shape index (κ2) is 9.80. The normalized spacial score (nSPS) is 10.5. The predicted molar refractivity (Wildman–Crippen MR) is 107 cm³/mol. The number of thioether (sulfide) groups is 1. The largest absolute Gasteiger partial charge is 0.497 e. The maximum absolute atomic E-state index is 12.0. The third-order valence-corrected chi connectivity index (χ3v) is 4.61. The van der Waals surface area contributed by atoms with E-state index in [0.29, 0.717) is 23.8 Å². The van der Waals surface area contributed by atoms with Gasteiger partial charge in [0.25, 0.3) is 5.91 Å². The molecule has 28 heavy (non-hydrogen) atoms. The zero-order valence-corrected chi connectivity index (χ0v) is 16.5. The van der Waals surface area contributed by atoms with Crippen molar-refractivity contribution < 1.29 is 18.7 Å². The zero-order chi connectivity index (χ0) is 19.8. The van der Waals surface area contributed by atoms with E-state index in [2.05, 4.69) is 34.6 Å². The molecule has 1 aromatic heterocycles. The Morgan fingerprint density at radius 3 is 2.68 bits per heavy atom.